The van der Waals surface area contributed by atoms with E-state index in [9.17, 15) is 15.0 Å². The van der Waals surface area contributed by atoms with Crippen LogP contribution in [0, 0.1) is 0 Å². The summed E-state index contributed by atoms with van der Waals surface area (Å²) in [5.74, 6) is -0.0470. The Labute approximate surface area is 117 Å². The molecule has 0 radical (unpaired) electrons. The van der Waals surface area contributed by atoms with Crippen LogP contribution < -0.4 is 0 Å². The van der Waals surface area contributed by atoms with Gasteiger partial charge in [-0.05, 0) is 31.9 Å². The van der Waals surface area contributed by atoms with Crippen LogP contribution >= 0.6 is 0 Å². The summed E-state index contributed by atoms with van der Waals surface area (Å²) in [6.45, 7) is 4.44. The van der Waals surface area contributed by atoms with E-state index in [4.69, 9.17) is 0 Å². The van der Waals surface area contributed by atoms with Gasteiger partial charge in [-0.1, -0.05) is 13.0 Å². The summed E-state index contributed by atoms with van der Waals surface area (Å²) in [6, 6.07) is 5.17. The Morgan fingerprint density at radius 2 is 2.20 bits per heavy atom. The number of carboxylic acids is 1. The zero-order valence-corrected chi connectivity index (χ0v) is 11.8. The molecule has 0 bridgehead atoms. The van der Waals surface area contributed by atoms with E-state index < -0.39 is 5.97 Å². The van der Waals surface area contributed by atoms with Crippen molar-refractivity contribution in [1.29, 1.82) is 0 Å². The molecule has 0 spiro atoms. The molecule has 20 heavy (non-hydrogen) atoms. The lowest BCUT2D eigenvalue weighted by Crippen LogP contribution is -2.09. The lowest BCUT2D eigenvalue weighted by atomic mass is 10.1. The van der Waals surface area contributed by atoms with Crippen LogP contribution in [-0.4, -0.2) is 31.8 Å². The Morgan fingerprint density at radius 1 is 1.45 bits per heavy atom. The van der Waals surface area contributed by atoms with Crippen LogP contribution in [0.3, 0.4) is 0 Å². The van der Waals surface area contributed by atoms with Crippen molar-refractivity contribution in [1.82, 2.24) is 9.55 Å². The lowest BCUT2D eigenvalue weighted by Gasteiger charge is -2.10. The van der Waals surface area contributed by atoms with Gasteiger partial charge in [0.1, 0.15) is 5.82 Å². The number of aromatic carboxylic acids is 1. The molecule has 0 fully saturated rings. The zero-order valence-electron chi connectivity index (χ0n) is 11.8. The standard InChI is InChI=1S/C15H20N2O3/c1-3-13-16-12-8-4-7-11(15(19)20)14(12)17(13)9-5-6-10(2)18/h4,7-8,10,18H,3,5-6,9H2,1-2H3,(H,19,20). The van der Waals surface area contributed by atoms with E-state index in [0.717, 1.165) is 24.2 Å². The van der Waals surface area contributed by atoms with Crippen LogP contribution in [0.25, 0.3) is 11.0 Å². The number of rotatable bonds is 6. The van der Waals surface area contributed by atoms with E-state index in [1.807, 2.05) is 17.6 Å². The molecule has 0 aliphatic heterocycles. The molecule has 5 nitrogen and oxygen atoms in total. The van der Waals surface area contributed by atoms with Gasteiger partial charge in [0.05, 0.1) is 22.7 Å². The monoisotopic (exact) mass is 276 g/mol. The van der Waals surface area contributed by atoms with Crippen molar-refractivity contribution in [2.24, 2.45) is 0 Å². The molecule has 2 aromatic rings. The summed E-state index contributed by atoms with van der Waals surface area (Å²) in [5, 5.41) is 18.7. The quantitative estimate of drug-likeness (QED) is 0.849. The van der Waals surface area contributed by atoms with Gasteiger partial charge < -0.3 is 14.8 Å². The van der Waals surface area contributed by atoms with Gasteiger partial charge in [0.15, 0.2) is 0 Å². The van der Waals surface area contributed by atoms with Gasteiger partial charge in [-0.15, -0.1) is 0 Å². The third kappa shape index (κ3) is 2.82. The van der Waals surface area contributed by atoms with Crippen molar-refractivity contribution < 1.29 is 15.0 Å². The average molecular weight is 276 g/mol. The third-order valence-electron chi connectivity index (χ3n) is 3.40. The molecule has 1 aromatic heterocycles. The van der Waals surface area contributed by atoms with E-state index in [1.54, 1.807) is 19.1 Å². The highest BCUT2D eigenvalue weighted by molar-refractivity contribution is 6.01. The molecule has 2 N–H and O–H groups in total. The second-order valence-electron chi connectivity index (χ2n) is 5.00. The van der Waals surface area contributed by atoms with Crippen molar-refractivity contribution in [3.05, 3.63) is 29.6 Å². The molecule has 1 heterocycles. The normalized spacial score (nSPS) is 12.8. The highest BCUT2D eigenvalue weighted by Crippen LogP contribution is 2.22. The summed E-state index contributed by atoms with van der Waals surface area (Å²) in [5.41, 5.74) is 1.69. The summed E-state index contributed by atoms with van der Waals surface area (Å²) >= 11 is 0. The molecule has 2 rings (SSSR count). The van der Waals surface area contributed by atoms with Gasteiger partial charge in [0.2, 0.25) is 0 Å². The van der Waals surface area contributed by atoms with Crippen molar-refractivity contribution in [2.75, 3.05) is 0 Å². The maximum atomic E-state index is 11.4. The number of carboxylic acid groups (broad SMARTS) is 1. The number of imidazole rings is 1. The number of aryl methyl sites for hydroxylation is 2. The number of para-hydroxylation sites is 1. The van der Waals surface area contributed by atoms with Crippen molar-refractivity contribution in [3.8, 4) is 0 Å². The second-order valence-corrected chi connectivity index (χ2v) is 5.00. The Bertz CT molecular complexity index is 617. The highest BCUT2D eigenvalue weighted by atomic mass is 16.4. The number of aliphatic hydroxyl groups is 1. The minimum atomic E-state index is -0.935. The van der Waals surface area contributed by atoms with Crippen LogP contribution in [-0.2, 0) is 13.0 Å². The molecule has 0 saturated heterocycles. The summed E-state index contributed by atoms with van der Waals surface area (Å²) in [7, 11) is 0. The molecule has 1 aromatic carbocycles. The van der Waals surface area contributed by atoms with Crippen molar-refractivity contribution in [3.63, 3.8) is 0 Å². The highest BCUT2D eigenvalue weighted by Gasteiger charge is 2.16. The Balaban J connectivity index is 2.46. The van der Waals surface area contributed by atoms with Crippen LogP contribution in [0.4, 0.5) is 0 Å². The Hall–Kier alpha value is -1.88. The predicted octanol–water partition coefficient (Wildman–Crippen LogP) is 2.46. The van der Waals surface area contributed by atoms with Gasteiger partial charge in [0, 0.05) is 13.0 Å². The van der Waals surface area contributed by atoms with Crippen molar-refractivity contribution >= 4 is 17.0 Å². The summed E-state index contributed by atoms with van der Waals surface area (Å²) < 4.78 is 1.97. The Morgan fingerprint density at radius 3 is 2.80 bits per heavy atom. The molecule has 0 amide bonds. The molecular weight excluding hydrogens is 256 g/mol. The molecule has 1 unspecified atom stereocenters. The van der Waals surface area contributed by atoms with E-state index in [1.165, 1.54) is 0 Å². The average Bonchev–Trinajstić information content (AvgIpc) is 2.76. The van der Waals surface area contributed by atoms with Crippen molar-refractivity contribution in [2.45, 2.75) is 45.8 Å². The van der Waals surface area contributed by atoms with Crippen LogP contribution in [0.1, 0.15) is 42.9 Å². The molecule has 1 atom stereocenters. The SMILES string of the molecule is CCc1nc2cccc(C(=O)O)c2n1CCCC(C)O. The smallest absolute Gasteiger partial charge is 0.337 e. The number of carbonyl (C=O) groups is 1. The number of hydrogen-bond acceptors (Lipinski definition) is 3. The first kappa shape index (κ1) is 14.5. The molecular formula is C15H20N2O3. The van der Waals surface area contributed by atoms with E-state index >= 15 is 0 Å². The first-order valence-electron chi connectivity index (χ1n) is 6.94. The van der Waals surface area contributed by atoms with Gasteiger partial charge in [-0.25, -0.2) is 9.78 Å². The van der Waals surface area contributed by atoms with E-state index in [0.29, 0.717) is 18.5 Å². The van der Waals surface area contributed by atoms with Gasteiger partial charge >= 0.3 is 5.97 Å². The van der Waals surface area contributed by atoms with Crippen LogP contribution in [0.15, 0.2) is 18.2 Å². The van der Waals surface area contributed by atoms with Gasteiger partial charge in [-0.3, -0.25) is 0 Å². The molecule has 5 heteroatoms. The van der Waals surface area contributed by atoms with Gasteiger partial charge in [0.25, 0.3) is 0 Å². The molecule has 0 aliphatic carbocycles. The number of nitrogens with zero attached hydrogens (tertiary/aromatic N) is 2. The topological polar surface area (TPSA) is 75.3 Å². The summed E-state index contributed by atoms with van der Waals surface area (Å²) in [6.07, 6.45) is 1.90. The van der Waals surface area contributed by atoms with E-state index in [2.05, 4.69) is 4.98 Å². The zero-order chi connectivity index (χ0) is 14.7. The van der Waals surface area contributed by atoms with Crippen LogP contribution in [0.2, 0.25) is 0 Å². The number of fused-ring (bicyclic) bond motifs is 1. The summed E-state index contributed by atoms with van der Waals surface area (Å²) in [4.78, 5) is 15.9. The first-order valence-corrected chi connectivity index (χ1v) is 6.94. The molecule has 0 saturated carbocycles. The number of benzene rings is 1. The van der Waals surface area contributed by atoms with Gasteiger partial charge in [-0.2, -0.15) is 0 Å². The second kappa shape index (κ2) is 6.05. The minimum Gasteiger partial charge on any atom is -0.478 e. The largest absolute Gasteiger partial charge is 0.478 e. The molecule has 108 valence electrons. The fourth-order valence-corrected chi connectivity index (χ4v) is 2.46. The number of aliphatic hydroxyl groups excluding tert-OH is 1. The maximum Gasteiger partial charge on any atom is 0.337 e. The minimum absolute atomic E-state index is 0.284. The first-order chi connectivity index (χ1) is 9.54. The third-order valence-corrected chi connectivity index (χ3v) is 3.40. The molecule has 0 aliphatic rings. The van der Waals surface area contributed by atoms with Crippen LogP contribution in [0.5, 0.6) is 0 Å². The lowest BCUT2D eigenvalue weighted by molar-refractivity contribution is 0.0698. The van der Waals surface area contributed by atoms with E-state index in [-0.39, 0.29) is 11.7 Å². The number of hydrogen-bond donors (Lipinski definition) is 2. The number of aromatic nitrogens is 2. The fraction of sp³-hybridized carbons (Fsp3) is 0.467. The maximum absolute atomic E-state index is 11.4. The Kier molecular flexibility index (Phi) is 4.39. The predicted molar refractivity (Wildman–Crippen MR) is 77.0 cm³/mol. The fourth-order valence-electron chi connectivity index (χ4n) is 2.46.